The van der Waals surface area contributed by atoms with E-state index in [9.17, 15) is 9.90 Å². The summed E-state index contributed by atoms with van der Waals surface area (Å²) in [6.45, 7) is 4.43. The molecule has 23 heavy (non-hydrogen) atoms. The molecule has 2 aromatic carbocycles. The van der Waals surface area contributed by atoms with Gasteiger partial charge in [0, 0.05) is 6.54 Å². The molecular weight excluding hydrogens is 290 g/mol. The number of carbonyl (C=O) groups is 1. The fraction of sp³-hybridized carbons (Fsp3) is 0.316. The van der Waals surface area contributed by atoms with Gasteiger partial charge in [-0.2, -0.15) is 0 Å². The first-order valence-electron chi connectivity index (χ1n) is 7.84. The molecule has 1 saturated heterocycles. The molecule has 2 aromatic rings. The lowest BCUT2D eigenvalue weighted by Gasteiger charge is -2.23. The Morgan fingerprint density at radius 1 is 1.09 bits per heavy atom. The Bertz CT molecular complexity index is 679. The lowest BCUT2D eigenvalue weighted by atomic mass is 10.1. The van der Waals surface area contributed by atoms with Crippen LogP contribution in [0.25, 0.3) is 0 Å². The van der Waals surface area contributed by atoms with E-state index in [2.05, 4.69) is 0 Å². The van der Waals surface area contributed by atoms with Crippen LogP contribution in [0.4, 0.5) is 0 Å². The molecule has 3 rings (SSSR count). The molecule has 0 aromatic heterocycles. The van der Waals surface area contributed by atoms with Gasteiger partial charge in [-0.3, -0.25) is 4.79 Å². The summed E-state index contributed by atoms with van der Waals surface area (Å²) in [5, 5.41) is 9.76. The van der Waals surface area contributed by atoms with Crippen LogP contribution in [-0.2, 0) is 11.3 Å². The third kappa shape index (κ3) is 3.54. The molecule has 0 unspecified atom stereocenters. The Hall–Kier alpha value is -2.33. The van der Waals surface area contributed by atoms with Crippen molar-refractivity contribution in [1.82, 2.24) is 4.90 Å². The molecule has 0 saturated carbocycles. The Balaban J connectivity index is 1.65. The normalized spacial score (nSPS) is 20.8. The number of likely N-dealkylation sites (tertiary alicyclic amines) is 1. The van der Waals surface area contributed by atoms with Crippen molar-refractivity contribution in [3.63, 3.8) is 0 Å². The van der Waals surface area contributed by atoms with Crippen LogP contribution in [0.2, 0.25) is 0 Å². The van der Waals surface area contributed by atoms with Crippen molar-refractivity contribution >= 4 is 5.91 Å². The van der Waals surface area contributed by atoms with E-state index >= 15 is 0 Å². The Morgan fingerprint density at radius 3 is 2.17 bits per heavy atom. The predicted molar refractivity (Wildman–Crippen MR) is 88.3 cm³/mol. The van der Waals surface area contributed by atoms with Crippen molar-refractivity contribution in [2.75, 3.05) is 0 Å². The monoisotopic (exact) mass is 311 g/mol. The third-order valence-corrected chi connectivity index (χ3v) is 4.29. The molecule has 1 aliphatic rings. The van der Waals surface area contributed by atoms with Crippen LogP contribution >= 0.6 is 0 Å². The summed E-state index contributed by atoms with van der Waals surface area (Å²) in [5.41, 5.74) is 2.22. The summed E-state index contributed by atoms with van der Waals surface area (Å²) in [4.78, 5) is 13.6. The van der Waals surface area contributed by atoms with Crippen molar-refractivity contribution in [1.29, 1.82) is 0 Å². The lowest BCUT2D eigenvalue weighted by molar-refractivity contribution is -0.129. The Kier molecular flexibility index (Phi) is 4.35. The first kappa shape index (κ1) is 15.6. The minimum atomic E-state index is -0.563. The van der Waals surface area contributed by atoms with Gasteiger partial charge in [0.2, 0.25) is 5.91 Å². The molecule has 1 fully saturated rings. The molecule has 1 aliphatic heterocycles. The van der Waals surface area contributed by atoms with E-state index in [4.69, 9.17) is 4.74 Å². The maximum absolute atomic E-state index is 11.9. The maximum Gasteiger partial charge on any atom is 0.225 e. The van der Waals surface area contributed by atoms with Gasteiger partial charge in [0.15, 0.2) is 0 Å². The fourth-order valence-electron chi connectivity index (χ4n) is 2.74. The molecule has 1 amide bonds. The number of amides is 1. The number of hydrogen-bond acceptors (Lipinski definition) is 3. The summed E-state index contributed by atoms with van der Waals surface area (Å²) in [6, 6.07) is 15.5. The third-order valence-electron chi connectivity index (χ3n) is 4.29. The fourth-order valence-corrected chi connectivity index (χ4v) is 2.74. The van der Waals surface area contributed by atoms with E-state index in [-0.39, 0.29) is 18.4 Å². The number of aliphatic hydroxyl groups excluding tert-OH is 1. The van der Waals surface area contributed by atoms with Crippen LogP contribution in [0.5, 0.6) is 11.5 Å². The van der Waals surface area contributed by atoms with Gasteiger partial charge in [0.1, 0.15) is 11.5 Å². The predicted octanol–water partition coefficient (Wildman–Crippen LogP) is 3.27. The van der Waals surface area contributed by atoms with E-state index in [1.807, 2.05) is 62.4 Å². The average molecular weight is 311 g/mol. The number of aliphatic hydroxyl groups is 1. The smallest absolute Gasteiger partial charge is 0.225 e. The highest BCUT2D eigenvalue weighted by atomic mass is 16.5. The second-order valence-corrected chi connectivity index (χ2v) is 6.09. The van der Waals surface area contributed by atoms with Crippen molar-refractivity contribution in [2.45, 2.75) is 39.0 Å². The standard InChI is InChI=1S/C19H21NO3/c1-13-3-7-16(8-4-13)23-17-9-5-15(6-10-17)12-20-14(2)18(21)11-19(20)22/h3-10,14,18,21H,11-12H2,1-2H3/t14-,18+/m1/s1. The molecule has 0 bridgehead atoms. The number of nitrogens with zero attached hydrogens (tertiary/aromatic N) is 1. The molecule has 0 aliphatic carbocycles. The van der Waals surface area contributed by atoms with Gasteiger partial charge in [-0.25, -0.2) is 0 Å². The van der Waals surface area contributed by atoms with Crippen LogP contribution in [0.3, 0.4) is 0 Å². The van der Waals surface area contributed by atoms with Gasteiger partial charge in [0.05, 0.1) is 18.6 Å². The van der Waals surface area contributed by atoms with Crippen LogP contribution in [-0.4, -0.2) is 28.1 Å². The van der Waals surface area contributed by atoms with Gasteiger partial charge in [-0.05, 0) is 43.7 Å². The SMILES string of the molecule is Cc1ccc(Oc2ccc(CN3C(=O)C[C@H](O)[C@H]3C)cc2)cc1. The molecule has 4 nitrogen and oxygen atoms in total. The number of hydrogen-bond donors (Lipinski definition) is 1. The minimum Gasteiger partial charge on any atom is -0.457 e. The van der Waals surface area contributed by atoms with Gasteiger partial charge in [-0.15, -0.1) is 0 Å². The molecule has 0 spiro atoms. The van der Waals surface area contributed by atoms with Crippen molar-refractivity contribution < 1.29 is 14.6 Å². The van der Waals surface area contributed by atoms with Crippen LogP contribution in [0.15, 0.2) is 48.5 Å². The van der Waals surface area contributed by atoms with E-state index in [0.717, 1.165) is 17.1 Å². The molecule has 1 N–H and O–H groups in total. The Morgan fingerprint density at radius 2 is 1.65 bits per heavy atom. The molecule has 1 heterocycles. The zero-order valence-corrected chi connectivity index (χ0v) is 13.4. The van der Waals surface area contributed by atoms with Crippen LogP contribution in [0, 0.1) is 6.92 Å². The first-order chi connectivity index (χ1) is 11.0. The van der Waals surface area contributed by atoms with Gasteiger partial charge >= 0.3 is 0 Å². The zero-order chi connectivity index (χ0) is 16.4. The van der Waals surface area contributed by atoms with Gasteiger partial charge < -0.3 is 14.7 Å². The largest absolute Gasteiger partial charge is 0.457 e. The van der Waals surface area contributed by atoms with Crippen molar-refractivity contribution in [3.8, 4) is 11.5 Å². The summed E-state index contributed by atoms with van der Waals surface area (Å²) in [5.74, 6) is 1.57. The van der Waals surface area contributed by atoms with E-state index in [1.165, 1.54) is 5.56 Å². The maximum atomic E-state index is 11.9. The number of carbonyl (C=O) groups excluding carboxylic acids is 1. The Labute approximate surface area is 136 Å². The number of ether oxygens (including phenoxy) is 1. The molecule has 120 valence electrons. The highest BCUT2D eigenvalue weighted by Gasteiger charge is 2.35. The van der Waals surface area contributed by atoms with E-state index in [1.54, 1.807) is 4.90 Å². The van der Waals surface area contributed by atoms with Crippen LogP contribution < -0.4 is 4.74 Å². The first-order valence-corrected chi connectivity index (χ1v) is 7.84. The highest BCUT2D eigenvalue weighted by molar-refractivity contribution is 5.79. The van der Waals surface area contributed by atoms with E-state index < -0.39 is 6.10 Å². The molecule has 2 atom stereocenters. The lowest BCUT2D eigenvalue weighted by Crippen LogP contribution is -2.33. The second-order valence-electron chi connectivity index (χ2n) is 6.09. The summed E-state index contributed by atoms with van der Waals surface area (Å²) < 4.78 is 5.80. The summed E-state index contributed by atoms with van der Waals surface area (Å²) >= 11 is 0. The van der Waals surface area contributed by atoms with Crippen molar-refractivity contribution in [2.24, 2.45) is 0 Å². The van der Waals surface area contributed by atoms with Crippen molar-refractivity contribution in [3.05, 3.63) is 59.7 Å². The number of rotatable bonds is 4. The minimum absolute atomic E-state index is 0.00461. The average Bonchev–Trinajstić information content (AvgIpc) is 2.78. The van der Waals surface area contributed by atoms with Gasteiger partial charge in [0.25, 0.3) is 0 Å². The highest BCUT2D eigenvalue weighted by Crippen LogP contribution is 2.25. The second kappa shape index (κ2) is 6.42. The molecule has 4 heteroatoms. The number of benzene rings is 2. The zero-order valence-electron chi connectivity index (χ0n) is 13.4. The van der Waals surface area contributed by atoms with Gasteiger partial charge in [-0.1, -0.05) is 29.8 Å². The number of aryl methyl sites for hydroxylation is 1. The van der Waals surface area contributed by atoms with E-state index in [0.29, 0.717) is 6.54 Å². The topological polar surface area (TPSA) is 49.8 Å². The molecular formula is C19H21NO3. The van der Waals surface area contributed by atoms with Crippen LogP contribution in [0.1, 0.15) is 24.5 Å². The quantitative estimate of drug-likeness (QED) is 0.943. The molecule has 0 radical (unpaired) electrons. The summed E-state index contributed by atoms with van der Waals surface area (Å²) in [7, 11) is 0. The summed E-state index contributed by atoms with van der Waals surface area (Å²) in [6.07, 6.45) is -0.345.